The smallest absolute Gasteiger partial charge is 0.317 e. The van der Waals surface area contributed by atoms with E-state index in [4.69, 9.17) is 0 Å². The predicted octanol–water partition coefficient (Wildman–Crippen LogP) is 1.77. The number of carbonyl (C=O) groups is 1. The van der Waals surface area contributed by atoms with E-state index in [0.29, 0.717) is 12.0 Å². The molecule has 1 heterocycles. The van der Waals surface area contributed by atoms with Crippen LogP contribution in [0.1, 0.15) is 34.1 Å². The zero-order valence-corrected chi connectivity index (χ0v) is 11.7. The van der Waals surface area contributed by atoms with E-state index in [1.807, 2.05) is 18.7 Å². The van der Waals surface area contributed by atoms with Gasteiger partial charge in [-0.25, -0.2) is 4.79 Å². The lowest BCUT2D eigenvalue weighted by Crippen LogP contribution is -2.42. The van der Waals surface area contributed by atoms with E-state index in [0.717, 1.165) is 26.2 Å². The van der Waals surface area contributed by atoms with E-state index in [-0.39, 0.29) is 6.03 Å². The first-order valence-corrected chi connectivity index (χ1v) is 6.85. The number of carbonyl (C=O) groups excluding carboxylic acids is 1. The van der Waals surface area contributed by atoms with Gasteiger partial charge in [-0.2, -0.15) is 0 Å². The van der Waals surface area contributed by atoms with Crippen LogP contribution < -0.4 is 5.32 Å². The minimum atomic E-state index is 0.0815. The fraction of sp³-hybridized carbons (Fsp3) is 0.923. The highest BCUT2D eigenvalue weighted by molar-refractivity contribution is 5.74. The van der Waals surface area contributed by atoms with Crippen LogP contribution in [-0.2, 0) is 0 Å². The number of likely N-dealkylation sites (tertiary alicyclic amines) is 1. The average molecular weight is 241 g/mol. The van der Waals surface area contributed by atoms with Crippen LogP contribution in [0.4, 0.5) is 4.79 Å². The highest BCUT2D eigenvalue weighted by Crippen LogP contribution is 2.17. The lowest BCUT2D eigenvalue weighted by molar-refractivity contribution is 0.200. The molecule has 0 aromatic carbocycles. The van der Waals surface area contributed by atoms with Gasteiger partial charge >= 0.3 is 6.03 Å². The second kappa shape index (κ2) is 6.84. The van der Waals surface area contributed by atoms with Gasteiger partial charge < -0.3 is 15.1 Å². The van der Waals surface area contributed by atoms with Crippen molar-refractivity contribution in [1.82, 2.24) is 15.1 Å². The third-order valence-corrected chi connectivity index (χ3v) is 3.64. The topological polar surface area (TPSA) is 35.6 Å². The first-order chi connectivity index (χ1) is 8.08. The van der Waals surface area contributed by atoms with Gasteiger partial charge in [0.15, 0.2) is 0 Å². The first-order valence-electron chi connectivity index (χ1n) is 6.85. The van der Waals surface area contributed by atoms with Gasteiger partial charge in [0.05, 0.1) is 0 Å². The van der Waals surface area contributed by atoms with Gasteiger partial charge in [-0.1, -0.05) is 0 Å². The van der Waals surface area contributed by atoms with Crippen LogP contribution in [0.5, 0.6) is 0 Å². The summed E-state index contributed by atoms with van der Waals surface area (Å²) < 4.78 is 0. The van der Waals surface area contributed by atoms with Crippen LogP contribution in [0.2, 0.25) is 0 Å². The summed E-state index contributed by atoms with van der Waals surface area (Å²) >= 11 is 0. The van der Waals surface area contributed by atoms with Crippen molar-refractivity contribution in [2.45, 2.75) is 40.2 Å². The Balaban J connectivity index is 2.26. The Morgan fingerprint density at radius 1 is 1.41 bits per heavy atom. The maximum Gasteiger partial charge on any atom is 0.317 e. The summed E-state index contributed by atoms with van der Waals surface area (Å²) in [5, 5.41) is 3.05. The fourth-order valence-corrected chi connectivity index (χ4v) is 2.35. The third kappa shape index (κ3) is 4.19. The molecule has 1 N–H and O–H groups in total. The van der Waals surface area contributed by atoms with Crippen molar-refractivity contribution in [3.63, 3.8) is 0 Å². The van der Waals surface area contributed by atoms with Gasteiger partial charge in [0.1, 0.15) is 0 Å². The minimum Gasteiger partial charge on any atom is -0.338 e. The quantitative estimate of drug-likeness (QED) is 0.796. The number of nitrogens with one attached hydrogen (secondary N) is 1. The highest BCUT2D eigenvalue weighted by atomic mass is 16.2. The SMILES string of the molecule is CCN(CC)C(=O)NCC1CCN(C(C)C)C1. The second-order valence-corrected chi connectivity index (χ2v) is 5.10. The Kier molecular flexibility index (Phi) is 5.75. The number of rotatable bonds is 5. The molecule has 1 aliphatic heterocycles. The van der Waals surface area contributed by atoms with E-state index in [1.165, 1.54) is 13.0 Å². The van der Waals surface area contributed by atoms with Crippen molar-refractivity contribution in [2.75, 3.05) is 32.7 Å². The summed E-state index contributed by atoms with van der Waals surface area (Å²) in [6, 6.07) is 0.705. The fourth-order valence-electron chi connectivity index (χ4n) is 2.35. The summed E-state index contributed by atoms with van der Waals surface area (Å²) in [5.41, 5.74) is 0. The molecule has 0 saturated carbocycles. The number of amides is 2. The number of hydrogen-bond donors (Lipinski definition) is 1. The normalized spacial score (nSPS) is 20.9. The number of urea groups is 1. The standard InChI is InChI=1S/C13H27N3O/c1-5-15(6-2)13(17)14-9-12-7-8-16(10-12)11(3)4/h11-12H,5-10H2,1-4H3,(H,14,17). The molecule has 1 fully saturated rings. The Morgan fingerprint density at radius 3 is 2.53 bits per heavy atom. The largest absolute Gasteiger partial charge is 0.338 e. The van der Waals surface area contributed by atoms with Crippen LogP contribution in [-0.4, -0.2) is 54.6 Å². The molecular formula is C13H27N3O. The predicted molar refractivity (Wildman–Crippen MR) is 71.1 cm³/mol. The Hall–Kier alpha value is -0.770. The lowest BCUT2D eigenvalue weighted by Gasteiger charge is -2.22. The van der Waals surface area contributed by atoms with Crippen molar-refractivity contribution in [2.24, 2.45) is 5.92 Å². The van der Waals surface area contributed by atoms with E-state index in [9.17, 15) is 4.79 Å². The van der Waals surface area contributed by atoms with E-state index in [1.54, 1.807) is 0 Å². The summed E-state index contributed by atoms with van der Waals surface area (Å²) in [6.07, 6.45) is 1.21. The summed E-state index contributed by atoms with van der Waals surface area (Å²) in [5.74, 6) is 0.622. The third-order valence-electron chi connectivity index (χ3n) is 3.64. The summed E-state index contributed by atoms with van der Waals surface area (Å²) in [4.78, 5) is 16.1. The van der Waals surface area contributed by atoms with Crippen molar-refractivity contribution < 1.29 is 4.79 Å². The van der Waals surface area contributed by atoms with Crippen LogP contribution in [0.15, 0.2) is 0 Å². The van der Waals surface area contributed by atoms with Crippen LogP contribution >= 0.6 is 0 Å². The molecule has 2 amide bonds. The maximum absolute atomic E-state index is 11.8. The van der Waals surface area contributed by atoms with Gasteiger partial charge in [0, 0.05) is 32.2 Å². The number of nitrogens with zero attached hydrogens (tertiary/aromatic N) is 2. The molecule has 0 aromatic rings. The molecule has 0 aromatic heterocycles. The van der Waals surface area contributed by atoms with Crippen LogP contribution in [0.25, 0.3) is 0 Å². The van der Waals surface area contributed by atoms with E-state index >= 15 is 0 Å². The summed E-state index contributed by atoms with van der Waals surface area (Å²) in [7, 11) is 0. The zero-order valence-electron chi connectivity index (χ0n) is 11.7. The van der Waals surface area contributed by atoms with E-state index < -0.39 is 0 Å². The van der Waals surface area contributed by atoms with Crippen LogP contribution in [0, 0.1) is 5.92 Å². The zero-order chi connectivity index (χ0) is 12.8. The Morgan fingerprint density at radius 2 is 2.06 bits per heavy atom. The first kappa shape index (κ1) is 14.3. The monoisotopic (exact) mass is 241 g/mol. The average Bonchev–Trinajstić information content (AvgIpc) is 2.76. The molecule has 0 aliphatic carbocycles. The molecule has 4 nitrogen and oxygen atoms in total. The number of hydrogen-bond acceptors (Lipinski definition) is 2. The molecule has 17 heavy (non-hydrogen) atoms. The van der Waals surface area contributed by atoms with Gasteiger partial charge in [-0.05, 0) is 46.6 Å². The molecule has 0 radical (unpaired) electrons. The summed E-state index contributed by atoms with van der Waals surface area (Å²) in [6.45, 7) is 13.2. The van der Waals surface area contributed by atoms with Gasteiger partial charge in [-0.15, -0.1) is 0 Å². The minimum absolute atomic E-state index is 0.0815. The highest BCUT2D eigenvalue weighted by Gasteiger charge is 2.24. The lowest BCUT2D eigenvalue weighted by atomic mass is 10.1. The molecular weight excluding hydrogens is 214 g/mol. The molecule has 1 aliphatic rings. The molecule has 0 spiro atoms. The Bertz CT molecular complexity index is 239. The van der Waals surface area contributed by atoms with Gasteiger partial charge in [0.25, 0.3) is 0 Å². The van der Waals surface area contributed by atoms with Crippen molar-refractivity contribution in [3.8, 4) is 0 Å². The van der Waals surface area contributed by atoms with E-state index in [2.05, 4.69) is 24.1 Å². The van der Waals surface area contributed by atoms with Gasteiger partial charge in [-0.3, -0.25) is 0 Å². The molecule has 100 valence electrons. The molecule has 1 unspecified atom stereocenters. The van der Waals surface area contributed by atoms with Crippen molar-refractivity contribution >= 4 is 6.03 Å². The van der Waals surface area contributed by atoms with Crippen molar-refractivity contribution in [1.29, 1.82) is 0 Å². The Labute approximate surface area is 105 Å². The van der Waals surface area contributed by atoms with Crippen molar-refractivity contribution in [3.05, 3.63) is 0 Å². The molecule has 1 rings (SSSR count). The van der Waals surface area contributed by atoms with Gasteiger partial charge in [0.2, 0.25) is 0 Å². The van der Waals surface area contributed by atoms with Crippen LogP contribution in [0.3, 0.4) is 0 Å². The maximum atomic E-state index is 11.8. The molecule has 1 atom stereocenters. The molecule has 4 heteroatoms. The molecule has 0 bridgehead atoms. The second-order valence-electron chi connectivity index (χ2n) is 5.10. The molecule has 1 saturated heterocycles.